The Morgan fingerprint density at radius 2 is 1.33 bits per heavy atom. The fourth-order valence-electron chi connectivity index (χ4n) is 6.21. The maximum atomic E-state index is 14.1. The minimum absolute atomic E-state index is 0.336. The standard InChI is InChI=1S/C38H40N2O5/c1-23-11-9-15-30(25(23)3)39-36(42)34-32(41)21-38(5,44)35(37(43)40-31-16-10-12-24(2)26(31)4)33(34)28-17-19-29(20-18-28)45-22-27-13-7-6-8-14-27/h6-20,33-35,44H,21-22H2,1-5H3,(H,39,42)(H,40,43). The number of ketones is 1. The summed E-state index contributed by atoms with van der Waals surface area (Å²) in [6, 6.07) is 28.1. The summed E-state index contributed by atoms with van der Waals surface area (Å²) in [5.41, 5.74) is 4.91. The van der Waals surface area contributed by atoms with Crippen molar-refractivity contribution < 1.29 is 24.2 Å². The monoisotopic (exact) mass is 604 g/mol. The molecule has 0 aliphatic heterocycles. The quantitative estimate of drug-likeness (QED) is 0.192. The Balaban J connectivity index is 1.53. The lowest BCUT2D eigenvalue weighted by Crippen LogP contribution is -2.56. The Morgan fingerprint density at radius 3 is 1.91 bits per heavy atom. The van der Waals surface area contributed by atoms with Gasteiger partial charge < -0.3 is 20.5 Å². The zero-order chi connectivity index (χ0) is 32.3. The SMILES string of the molecule is Cc1cccc(NC(=O)C2C(=O)CC(C)(O)C(C(=O)Nc3cccc(C)c3C)C2c2ccc(OCc3ccccc3)cc2)c1C. The number of Topliss-reactive ketones (excluding diaryl/α,β-unsaturated/α-hetero) is 1. The molecular weight excluding hydrogens is 564 g/mol. The summed E-state index contributed by atoms with van der Waals surface area (Å²) < 4.78 is 5.98. The van der Waals surface area contributed by atoms with Gasteiger partial charge >= 0.3 is 0 Å². The number of amides is 2. The van der Waals surface area contributed by atoms with E-state index >= 15 is 0 Å². The number of carbonyl (C=O) groups is 3. The highest BCUT2D eigenvalue weighted by molar-refractivity contribution is 6.10. The van der Waals surface area contributed by atoms with Crippen LogP contribution in [0.4, 0.5) is 11.4 Å². The second-order valence-corrected chi connectivity index (χ2v) is 12.3. The first-order chi connectivity index (χ1) is 21.5. The normalized spacial score (nSPS) is 21.2. The zero-order valence-electron chi connectivity index (χ0n) is 26.4. The smallest absolute Gasteiger partial charge is 0.235 e. The van der Waals surface area contributed by atoms with Gasteiger partial charge in [0, 0.05) is 23.7 Å². The molecule has 3 N–H and O–H groups in total. The number of nitrogens with one attached hydrogen (secondary N) is 2. The highest BCUT2D eigenvalue weighted by Gasteiger charge is 2.56. The Kier molecular flexibility index (Phi) is 9.21. The van der Waals surface area contributed by atoms with Crippen LogP contribution in [0.15, 0.2) is 91.0 Å². The maximum absolute atomic E-state index is 14.1. The summed E-state index contributed by atoms with van der Waals surface area (Å²) >= 11 is 0. The third-order valence-electron chi connectivity index (χ3n) is 9.07. The molecule has 7 heteroatoms. The third-order valence-corrected chi connectivity index (χ3v) is 9.07. The van der Waals surface area contributed by atoms with Crippen molar-refractivity contribution in [1.29, 1.82) is 0 Å². The van der Waals surface area contributed by atoms with E-state index in [1.54, 1.807) is 30.3 Å². The molecule has 0 heterocycles. The van der Waals surface area contributed by atoms with Crippen molar-refractivity contribution in [2.24, 2.45) is 11.8 Å². The number of carbonyl (C=O) groups excluding carboxylic acids is 3. The van der Waals surface area contributed by atoms with Crippen LogP contribution in [-0.4, -0.2) is 28.3 Å². The molecule has 4 unspecified atom stereocenters. The summed E-state index contributed by atoms with van der Waals surface area (Å²) in [4.78, 5) is 41.9. The molecule has 0 bridgehead atoms. The number of benzene rings is 4. The molecule has 0 radical (unpaired) electrons. The van der Waals surface area contributed by atoms with Crippen LogP contribution in [0.3, 0.4) is 0 Å². The van der Waals surface area contributed by atoms with Gasteiger partial charge in [-0.3, -0.25) is 14.4 Å². The molecule has 1 fully saturated rings. The van der Waals surface area contributed by atoms with Gasteiger partial charge in [-0.2, -0.15) is 0 Å². The van der Waals surface area contributed by atoms with Gasteiger partial charge in [-0.1, -0.05) is 66.7 Å². The van der Waals surface area contributed by atoms with Gasteiger partial charge in [0.05, 0.1) is 11.5 Å². The van der Waals surface area contributed by atoms with E-state index in [0.29, 0.717) is 29.3 Å². The highest BCUT2D eigenvalue weighted by atomic mass is 16.5. The number of rotatable bonds is 8. The Hall–Kier alpha value is -4.75. The van der Waals surface area contributed by atoms with Crippen LogP contribution < -0.4 is 15.4 Å². The van der Waals surface area contributed by atoms with Crippen molar-refractivity contribution in [3.05, 3.63) is 124 Å². The van der Waals surface area contributed by atoms with Crippen molar-refractivity contribution >= 4 is 29.0 Å². The van der Waals surface area contributed by atoms with Crippen LogP contribution in [0.2, 0.25) is 0 Å². The first-order valence-electron chi connectivity index (χ1n) is 15.2. The number of ether oxygens (including phenoxy) is 1. The fraction of sp³-hybridized carbons (Fsp3) is 0.289. The molecule has 4 aromatic carbocycles. The first-order valence-corrected chi connectivity index (χ1v) is 15.2. The molecule has 4 atom stereocenters. The third kappa shape index (κ3) is 6.84. The predicted molar refractivity (Wildman–Crippen MR) is 176 cm³/mol. The second-order valence-electron chi connectivity index (χ2n) is 12.3. The van der Waals surface area contributed by atoms with E-state index in [9.17, 15) is 19.5 Å². The lowest BCUT2D eigenvalue weighted by molar-refractivity contribution is -0.150. The first kappa shape index (κ1) is 31.7. The van der Waals surface area contributed by atoms with E-state index in [4.69, 9.17) is 4.74 Å². The molecule has 45 heavy (non-hydrogen) atoms. The van der Waals surface area contributed by atoms with E-state index in [0.717, 1.165) is 27.8 Å². The van der Waals surface area contributed by atoms with Crippen LogP contribution in [0.5, 0.6) is 5.75 Å². The zero-order valence-corrected chi connectivity index (χ0v) is 26.4. The molecule has 5 rings (SSSR count). The molecule has 1 saturated carbocycles. The van der Waals surface area contributed by atoms with Gasteiger partial charge in [-0.15, -0.1) is 0 Å². The van der Waals surface area contributed by atoms with E-state index in [2.05, 4.69) is 10.6 Å². The minimum Gasteiger partial charge on any atom is -0.489 e. The summed E-state index contributed by atoms with van der Waals surface area (Å²) in [5, 5.41) is 17.7. The van der Waals surface area contributed by atoms with E-state index in [1.807, 2.05) is 88.4 Å². The van der Waals surface area contributed by atoms with Gasteiger partial charge in [-0.05, 0) is 92.3 Å². The van der Waals surface area contributed by atoms with Crippen molar-refractivity contribution in [3.63, 3.8) is 0 Å². The topological polar surface area (TPSA) is 105 Å². The van der Waals surface area contributed by atoms with Crippen molar-refractivity contribution in [2.45, 2.75) is 59.2 Å². The van der Waals surface area contributed by atoms with Crippen LogP contribution in [0, 0.1) is 39.5 Å². The lowest BCUT2D eigenvalue weighted by atomic mass is 9.61. The lowest BCUT2D eigenvalue weighted by Gasteiger charge is -2.44. The number of hydrogen-bond acceptors (Lipinski definition) is 5. The number of anilines is 2. The fourth-order valence-corrected chi connectivity index (χ4v) is 6.21. The van der Waals surface area contributed by atoms with Crippen molar-refractivity contribution in [1.82, 2.24) is 0 Å². The molecular formula is C38H40N2O5. The van der Waals surface area contributed by atoms with E-state index < -0.39 is 41.0 Å². The minimum atomic E-state index is -1.71. The highest BCUT2D eigenvalue weighted by Crippen LogP contribution is 2.47. The Morgan fingerprint density at radius 1 is 0.778 bits per heavy atom. The molecule has 1 aliphatic carbocycles. The Labute approximate surface area is 264 Å². The predicted octanol–water partition coefficient (Wildman–Crippen LogP) is 6.82. The molecule has 232 valence electrons. The molecule has 2 amide bonds. The average Bonchev–Trinajstić information content (AvgIpc) is 3.00. The van der Waals surface area contributed by atoms with Crippen LogP contribution in [-0.2, 0) is 21.0 Å². The largest absolute Gasteiger partial charge is 0.489 e. The summed E-state index contributed by atoms with van der Waals surface area (Å²) in [7, 11) is 0. The van der Waals surface area contributed by atoms with E-state index in [-0.39, 0.29) is 6.42 Å². The maximum Gasteiger partial charge on any atom is 0.235 e. The Bertz CT molecular complexity index is 1710. The van der Waals surface area contributed by atoms with Gasteiger partial charge in [0.15, 0.2) is 0 Å². The molecule has 1 aliphatic rings. The summed E-state index contributed by atoms with van der Waals surface area (Å²) in [6.45, 7) is 9.61. The van der Waals surface area contributed by atoms with E-state index in [1.165, 1.54) is 6.92 Å². The average molecular weight is 605 g/mol. The number of hydrogen-bond donors (Lipinski definition) is 3. The van der Waals surface area contributed by atoms with Crippen LogP contribution in [0.1, 0.15) is 52.6 Å². The van der Waals surface area contributed by atoms with Crippen molar-refractivity contribution in [2.75, 3.05) is 10.6 Å². The molecule has 4 aromatic rings. The van der Waals surface area contributed by atoms with Gasteiger partial charge in [0.2, 0.25) is 11.8 Å². The van der Waals surface area contributed by atoms with Gasteiger partial charge in [0.1, 0.15) is 24.1 Å². The summed E-state index contributed by atoms with van der Waals surface area (Å²) in [6.07, 6.45) is -0.336. The second kappa shape index (κ2) is 13.1. The van der Waals surface area contributed by atoms with Crippen LogP contribution in [0.25, 0.3) is 0 Å². The molecule has 7 nitrogen and oxygen atoms in total. The number of aryl methyl sites for hydroxylation is 2. The van der Waals surface area contributed by atoms with Crippen LogP contribution >= 0.6 is 0 Å². The van der Waals surface area contributed by atoms with Gasteiger partial charge in [-0.25, -0.2) is 0 Å². The van der Waals surface area contributed by atoms with Gasteiger partial charge in [0.25, 0.3) is 0 Å². The molecule has 0 saturated heterocycles. The molecule has 0 aromatic heterocycles. The molecule has 0 spiro atoms. The van der Waals surface area contributed by atoms with Crippen molar-refractivity contribution in [3.8, 4) is 5.75 Å². The summed E-state index contributed by atoms with van der Waals surface area (Å²) in [5.74, 6) is -4.06. The number of aliphatic hydroxyl groups is 1.